The molecule has 0 amide bonds. The smallest absolute Gasteiger partial charge is 0.336 e. The van der Waals surface area contributed by atoms with Crippen molar-refractivity contribution in [2.75, 3.05) is 13.2 Å². The van der Waals surface area contributed by atoms with E-state index in [1.807, 2.05) is 0 Å². The molecule has 4 aromatic carbocycles. The predicted molar refractivity (Wildman–Crippen MR) is 238 cm³/mol. The highest BCUT2D eigenvalue weighted by atomic mass is 16.7. The van der Waals surface area contributed by atoms with Gasteiger partial charge in [-0.3, -0.25) is 10.4 Å². The lowest BCUT2D eigenvalue weighted by molar-refractivity contribution is -0.338. The Morgan fingerprint density at radius 2 is 1.73 bits per heavy atom. The molecule has 1 fully saturated rings. The van der Waals surface area contributed by atoms with E-state index in [-0.39, 0.29) is 65.2 Å². The van der Waals surface area contributed by atoms with Gasteiger partial charge in [-0.25, -0.2) is 14.8 Å². The average Bonchev–Trinajstić information content (AvgIpc) is 4.00. The molecule has 9 rings (SSSR count). The van der Waals surface area contributed by atoms with Crippen molar-refractivity contribution in [2.24, 2.45) is 20.9 Å². The average molecular weight is 917 g/mol. The SMILES string of the molecule is N=C1C=CC([C@@H](O)[C@H](CO)Oc2ccc(C3C=C(O)c4c(cc(O[C@@H]5O[C@H](C(=O)O)[C@]6(O)[C@@H](C7=NC=NC7)C(Cc7ccccc7)=C[C@@]5(O)[C@@H]6O)c(OCc5cccc(O)c5)c4O)O3)cc2)=N1. The summed E-state index contributed by atoms with van der Waals surface area (Å²) in [5.74, 6) is -5.12. The third kappa shape index (κ3) is 8.28. The molecule has 4 heterocycles. The molecule has 4 aromatic rings. The van der Waals surface area contributed by atoms with Crippen molar-refractivity contribution in [1.82, 2.24) is 0 Å². The summed E-state index contributed by atoms with van der Waals surface area (Å²) in [6.07, 6.45) is -3.43. The topological polar surface area (TPSA) is 306 Å². The molecule has 0 saturated carbocycles. The number of aliphatic carboxylic acids is 1. The van der Waals surface area contributed by atoms with Crippen molar-refractivity contribution in [3.8, 4) is 34.5 Å². The molecule has 19 nitrogen and oxygen atoms in total. The van der Waals surface area contributed by atoms with Gasteiger partial charge < -0.3 is 69.6 Å². The maximum Gasteiger partial charge on any atom is 0.336 e. The molecule has 2 bridgehead atoms. The second-order valence-electron chi connectivity index (χ2n) is 16.5. The highest BCUT2D eigenvalue weighted by molar-refractivity contribution is 6.15. The minimum absolute atomic E-state index is 0.0264. The zero-order chi connectivity index (χ0) is 47.2. The van der Waals surface area contributed by atoms with Gasteiger partial charge in [-0.15, -0.1) is 0 Å². The molecule has 5 aliphatic rings. The van der Waals surface area contributed by atoms with Crippen molar-refractivity contribution < 1.29 is 74.4 Å². The van der Waals surface area contributed by atoms with E-state index in [4.69, 9.17) is 29.1 Å². The minimum atomic E-state index is -2.72. The standard InChI is InChI=1S/C48H44N4O15/c49-37-14-13-30(52-37)40(56)36(21-53)64-29-11-9-26(10-12-29)33-17-32(55)38-34(65-33)18-35(42(41(38)57)63-22-25-7-4-8-28(54)16-25)66-46-47(61)19-27(15-24-5-2-1-3-6-24)39(31-20-50-23-51-31)48(62,45(47)60)43(67-46)44(58)59/h1-14,16-19,23,33,36,39-40,43,45-46,49,53-57,60-62H,15,20-22H2,(H,58,59)/t33?,36-,39+,40+,43+,45-,46+,47+,48+/m0/s1. The molecule has 0 aromatic heterocycles. The van der Waals surface area contributed by atoms with Crippen LogP contribution >= 0.6 is 0 Å². The molecule has 1 saturated heterocycles. The van der Waals surface area contributed by atoms with Gasteiger partial charge in [-0.2, -0.15) is 0 Å². The number of nitrogens with one attached hydrogen (secondary N) is 1. The van der Waals surface area contributed by atoms with Gasteiger partial charge in [0.15, 0.2) is 29.3 Å². The maximum absolute atomic E-state index is 13.1. The molecular formula is C48H44N4O15. The Balaban J connectivity index is 1.08. The summed E-state index contributed by atoms with van der Waals surface area (Å²) < 4.78 is 30.4. The van der Waals surface area contributed by atoms with E-state index < -0.39 is 89.5 Å². The highest BCUT2D eigenvalue weighted by Crippen LogP contribution is 2.54. The molecule has 19 heteroatoms. The quantitative estimate of drug-likeness (QED) is 0.0767. The van der Waals surface area contributed by atoms with Crippen molar-refractivity contribution in [3.05, 3.63) is 137 Å². The lowest BCUT2D eigenvalue weighted by Crippen LogP contribution is -2.79. The summed E-state index contributed by atoms with van der Waals surface area (Å²) >= 11 is 0. The number of ether oxygens (including phenoxy) is 5. The Morgan fingerprint density at radius 1 is 0.970 bits per heavy atom. The Labute approximate surface area is 381 Å². The van der Waals surface area contributed by atoms with Crippen LogP contribution in [0.3, 0.4) is 0 Å². The number of fused-ring (bicyclic) bond motifs is 3. The number of rotatable bonds is 15. The Morgan fingerprint density at radius 3 is 2.40 bits per heavy atom. The third-order valence-electron chi connectivity index (χ3n) is 12.1. The fourth-order valence-electron chi connectivity index (χ4n) is 8.91. The number of carbonyl (C=O) groups is 1. The summed E-state index contributed by atoms with van der Waals surface area (Å²) in [6, 6.07) is 22.4. The van der Waals surface area contributed by atoms with Gasteiger partial charge in [0.2, 0.25) is 12.0 Å². The minimum Gasteiger partial charge on any atom is -0.508 e. The van der Waals surface area contributed by atoms with Crippen LogP contribution in [-0.2, 0) is 22.6 Å². The number of hydrogen-bond donors (Lipinski definition) is 10. The van der Waals surface area contributed by atoms with Crippen molar-refractivity contribution in [1.29, 1.82) is 5.41 Å². The highest BCUT2D eigenvalue weighted by Gasteiger charge is 2.71. The molecule has 4 aliphatic heterocycles. The first-order chi connectivity index (χ1) is 32.2. The van der Waals surface area contributed by atoms with Crippen LogP contribution in [0.5, 0.6) is 34.5 Å². The molecule has 10 N–H and O–H groups in total. The molecule has 0 spiro atoms. The van der Waals surface area contributed by atoms with Crippen molar-refractivity contribution in [2.45, 2.75) is 61.0 Å². The van der Waals surface area contributed by atoms with Crippen LogP contribution in [0.4, 0.5) is 0 Å². The molecule has 346 valence electrons. The van der Waals surface area contributed by atoms with Crippen molar-refractivity contribution in [3.63, 3.8) is 0 Å². The second-order valence-corrected chi connectivity index (χ2v) is 16.5. The fourth-order valence-corrected chi connectivity index (χ4v) is 8.91. The van der Waals surface area contributed by atoms with E-state index >= 15 is 0 Å². The van der Waals surface area contributed by atoms with E-state index in [1.54, 1.807) is 54.6 Å². The number of aromatic hydroxyl groups is 2. The number of hydrogen-bond acceptors (Lipinski definition) is 17. The monoisotopic (exact) mass is 916 g/mol. The lowest BCUT2D eigenvalue weighted by atomic mass is 9.60. The number of phenols is 2. The summed E-state index contributed by atoms with van der Waals surface area (Å²) in [7, 11) is 0. The molecule has 0 radical (unpaired) electrons. The van der Waals surface area contributed by atoms with Gasteiger partial charge >= 0.3 is 5.97 Å². The number of phenolic OH excluding ortho intramolecular Hbond substituents is 2. The number of amidine groups is 1. The van der Waals surface area contributed by atoms with Crippen LogP contribution in [0.15, 0.2) is 130 Å². The van der Waals surface area contributed by atoms with Crippen LogP contribution in [0.2, 0.25) is 0 Å². The van der Waals surface area contributed by atoms with Gasteiger partial charge in [0.25, 0.3) is 0 Å². The molecule has 9 atom stereocenters. The third-order valence-corrected chi connectivity index (χ3v) is 12.1. The Bertz CT molecular complexity index is 2790. The van der Waals surface area contributed by atoms with Gasteiger partial charge in [0.1, 0.15) is 71.3 Å². The number of benzene rings is 4. The number of aliphatic imine (C=N–C) groups is 3. The van der Waals surface area contributed by atoms with Crippen LogP contribution in [0.1, 0.15) is 28.4 Å². The number of carboxylic acid groups (broad SMARTS) is 1. The van der Waals surface area contributed by atoms with E-state index in [0.29, 0.717) is 11.1 Å². The van der Waals surface area contributed by atoms with Gasteiger partial charge in [0, 0.05) is 12.1 Å². The van der Waals surface area contributed by atoms with E-state index in [9.17, 15) is 50.8 Å². The maximum atomic E-state index is 13.1. The van der Waals surface area contributed by atoms with E-state index in [0.717, 1.165) is 5.56 Å². The molecule has 1 unspecified atom stereocenters. The van der Waals surface area contributed by atoms with E-state index in [2.05, 4.69) is 15.0 Å². The Hall–Kier alpha value is -7.39. The largest absolute Gasteiger partial charge is 0.508 e. The summed E-state index contributed by atoms with van der Waals surface area (Å²) in [4.78, 5) is 25.5. The zero-order valence-electron chi connectivity index (χ0n) is 35.2. The van der Waals surface area contributed by atoms with Crippen molar-refractivity contribution >= 4 is 35.3 Å². The Kier molecular flexibility index (Phi) is 11.9. The number of carboxylic acids is 1. The summed E-state index contributed by atoms with van der Waals surface area (Å²) in [5, 5.41) is 110. The van der Waals surface area contributed by atoms with E-state index in [1.165, 1.54) is 61.0 Å². The summed E-state index contributed by atoms with van der Waals surface area (Å²) in [5.41, 5.74) is -3.37. The normalized spacial score (nSPS) is 26.9. The predicted octanol–water partition coefficient (Wildman–Crippen LogP) is 3.09. The number of nitrogens with zero attached hydrogens (tertiary/aromatic N) is 3. The van der Waals surface area contributed by atoms with Crippen LogP contribution in [0, 0.1) is 11.3 Å². The second kappa shape index (κ2) is 17.8. The molecule has 1 aliphatic carbocycles. The van der Waals surface area contributed by atoms with Crippen LogP contribution in [-0.4, -0.2) is 131 Å². The first-order valence-corrected chi connectivity index (χ1v) is 20.9. The molecular weight excluding hydrogens is 873 g/mol. The van der Waals surface area contributed by atoms with Gasteiger partial charge in [0.05, 0.1) is 30.5 Å². The first-order valence-electron chi connectivity index (χ1n) is 20.9. The summed E-state index contributed by atoms with van der Waals surface area (Å²) in [6.45, 7) is -0.904. The number of aliphatic hydroxyl groups excluding tert-OH is 4. The first kappa shape index (κ1) is 44.8. The lowest BCUT2D eigenvalue weighted by Gasteiger charge is -2.57. The van der Waals surface area contributed by atoms with Gasteiger partial charge in [-0.05, 0) is 65.6 Å². The molecule has 67 heavy (non-hydrogen) atoms. The van der Waals surface area contributed by atoms with Crippen LogP contribution < -0.4 is 18.9 Å². The van der Waals surface area contributed by atoms with Crippen LogP contribution in [0.25, 0.3) is 5.76 Å². The van der Waals surface area contributed by atoms with Gasteiger partial charge in [-0.1, -0.05) is 60.2 Å². The number of aliphatic hydroxyl groups is 6. The fraction of sp³-hybridized carbons (Fsp3) is 0.271. The zero-order valence-corrected chi connectivity index (χ0v) is 35.2.